The molecule has 0 aliphatic rings. The highest BCUT2D eigenvalue weighted by molar-refractivity contribution is 5.91. The number of amides is 2. The van der Waals surface area contributed by atoms with Crippen molar-refractivity contribution in [2.24, 2.45) is 0 Å². The van der Waals surface area contributed by atoms with Gasteiger partial charge in [-0.1, -0.05) is 12.1 Å². The summed E-state index contributed by atoms with van der Waals surface area (Å²) >= 11 is 0. The average molecular weight is 382 g/mol. The largest absolute Gasteiger partial charge is 0.497 e. The number of nitrogens with one attached hydrogen (secondary N) is 2. The molecule has 0 fully saturated rings. The predicted molar refractivity (Wildman–Crippen MR) is 99.3 cm³/mol. The molecule has 1 heterocycles. The molecular weight excluding hydrogens is 364 g/mol. The highest BCUT2D eigenvalue weighted by Crippen LogP contribution is 2.23. The maximum atomic E-state index is 12.2. The van der Waals surface area contributed by atoms with Gasteiger partial charge in [0.1, 0.15) is 5.75 Å². The van der Waals surface area contributed by atoms with Crippen LogP contribution in [-0.2, 0) is 11.3 Å². The minimum Gasteiger partial charge on any atom is -0.497 e. The molecule has 0 radical (unpaired) electrons. The zero-order valence-corrected chi connectivity index (χ0v) is 15.2. The quantitative estimate of drug-likeness (QED) is 0.493. The van der Waals surface area contributed by atoms with E-state index < -0.39 is 12.0 Å². The molecule has 0 aliphatic heterocycles. The number of tetrazole rings is 1. The summed E-state index contributed by atoms with van der Waals surface area (Å²) in [5.41, 5.74) is 1.09. The van der Waals surface area contributed by atoms with Crippen molar-refractivity contribution in [1.29, 1.82) is 0 Å². The summed E-state index contributed by atoms with van der Waals surface area (Å²) in [6.07, 6.45) is 0. The molecule has 0 unspecified atom stereocenters. The van der Waals surface area contributed by atoms with Gasteiger partial charge in [-0.2, -0.15) is 4.68 Å². The van der Waals surface area contributed by atoms with Crippen molar-refractivity contribution < 1.29 is 19.1 Å². The van der Waals surface area contributed by atoms with E-state index in [1.165, 1.54) is 11.6 Å². The lowest BCUT2D eigenvalue weighted by molar-refractivity contribution is -0.131. The number of carbonyl (C=O) groups is 2. The average Bonchev–Trinajstić information content (AvgIpc) is 3.16. The van der Waals surface area contributed by atoms with E-state index in [1.807, 2.05) is 0 Å². The SMILES string of the molecule is COc1ccc(-n2nnnc2CNC(=O)Nc2ccccc2OC(C)=O)cc1. The number of benzene rings is 2. The first kappa shape index (κ1) is 18.8. The number of methoxy groups -OCH3 is 1. The van der Waals surface area contributed by atoms with Crippen LogP contribution in [-0.4, -0.2) is 39.3 Å². The summed E-state index contributed by atoms with van der Waals surface area (Å²) in [4.78, 5) is 23.4. The molecule has 3 rings (SSSR count). The first-order chi connectivity index (χ1) is 13.6. The normalized spacial score (nSPS) is 10.2. The minimum atomic E-state index is -0.496. The lowest BCUT2D eigenvalue weighted by Crippen LogP contribution is -2.29. The molecule has 0 saturated carbocycles. The number of urea groups is 1. The van der Waals surface area contributed by atoms with E-state index >= 15 is 0 Å². The number of carbonyl (C=O) groups excluding carboxylic acids is 2. The molecule has 0 aliphatic carbocycles. The molecule has 2 aromatic carbocycles. The van der Waals surface area contributed by atoms with Gasteiger partial charge in [-0.25, -0.2) is 4.79 Å². The van der Waals surface area contributed by atoms with Crippen LogP contribution in [0.5, 0.6) is 11.5 Å². The van der Waals surface area contributed by atoms with Crippen LogP contribution in [0.1, 0.15) is 12.7 Å². The topological polar surface area (TPSA) is 120 Å². The van der Waals surface area contributed by atoms with Gasteiger partial charge in [0.25, 0.3) is 0 Å². The fraction of sp³-hybridized carbons (Fsp3) is 0.167. The molecular formula is C18H18N6O4. The number of hydrogen-bond acceptors (Lipinski definition) is 7. The zero-order valence-electron chi connectivity index (χ0n) is 15.2. The Balaban J connectivity index is 1.65. The summed E-state index contributed by atoms with van der Waals surface area (Å²) in [6, 6.07) is 13.3. The third-order valence-corrected chi connectivity index (χ3v) is 3.65. The second kappa shape index (κ2) is 8.62. The number of aromatic nitrogens is 4. The van der Waals surface area contributed by atoms with E-state index in [0.717, 1.165) is 5.69 Å². The van der Waals surface area contributed by atoms with E-state index in [4.69, 9.17) is 9.47 Å². The Labute approximate surface area is 160 Å². The van der Waals surface area contributed by atoms with Gasteiger partial charge in [-0.3, -0.25) is 4.79 Å². The number of rotatable bonds is 6. The third-order valence-electron chi connectivity index (χ3n) is 3.65. The van der Waals surface area contributed by atoms with Crippen molar-refractivity contribution in [2.75, 3.05) is 12.4 Å². The van der Waals surface area contributed by atoms with Crippen LogP contribution in [0.3, 0.4) is 0 Å². The van der Waals surface area contributed by atoms with Crippen LogP contribution < -0.4 is 20.1 Å². The Hall–Kier alpha value is -3.95. The molecule has 0 saturated heterocycles. The molecule has 28 heavy (non-hydrogen) atoms. The monoisotopic (exact) mass is 382 g/mol. The van der Waals surface area contributed by atoms with E-state index in [9.17, 15) is 9.59 Å². The number of nitrogens with zero attached hydrogens (tertiary/aromatic N) is 4. The Morgan fingerprint density at radius 1 is 1.11 bits per heavy atom. The van der Waals surface area contributed by atoms with Crippen LogP contribution in [0.15, 0.2) is 48.5 Å². The van der Waals surface area contributed by atoms with E-state index in [2.05, 4.69) is 26.2 Å². The smallest absolute Gasteiger partial charge is 0.319 e. The summed E-state index contributed by atoms with van der Waals surface area (Å²) in [5.74, 6) is 0.928. The van der Waals surface area contributed by atoms with Gasteiger partial charge in [-0.15, -0.1) is 5.10 Å². The van der Waals surface area contributed by atoms with Crippen molar-refractivity contribution in [2.45, 2.75) is 13.5 Å². The number of anilines is 1. The second-order valence-electron chi connectivity index (χ2n) is 5.60. The van der Waals surface area contributed by atoms with E-state index in [-0.39, 0.29) is 12.3 Å². The molecule has 10 heteroatoms. The third kappa shape index (κ3) is 4.61. The molecule has 3 aromatic rings. The number of para-hydroxylation sites is 2. The van der Waals surface area contributed by atoms with Crippen LogP contribution in [0, 0.1) is 0 Å². The first-order valence-electron chi connectivity index (χ1n) is 8.31. The predicted octanol–water partition coefficient (Wildman–Crippen LogP) is 1.92. The van der Waals surface area contributed by atoms with E-state index in [0.29, 0.717) is 17.3 Å². The summed E-state index contributed by atoms with van der Waals surface area (Å²) < 4.78 is 11.7. The van der Waals surface area contributed by atoms with Crippen LogP contribution in [0.4, 0.5) is 10.5 Å². The summed E-state index contributed by atoms with van der Waals surface area (Å²) in [6.45, 7) is 1.37. The van der Waals surface area contributed by atoms with Crippen LogP contribution in [0.2, 0.25) is 0 Å². The van der Waals surface area contributed by atoms with Gasteiger partial charge >= 0.3 is 12.0 Å². The maximum absolute atomic E-state index is 12.2. The molecule has 144 valence electrons. The maximum Gasteiger partial charge on any atom is 0.319 e. The molecule has 0 atom stereocenters. The highest BCUT2D eigenvalue weighted by atomic mass is 16.5. The van der Waals surface area contributed by atoms with Gasteiger partial charge in [0.2, 0.25) is 0 Å². The first-order valence-corrected chi connectivity index (χ1v) is 8.31. The fourth-order valence-electron chi connectivity index (χ4n) is 2.38. The summed E-state index contributed by atoms with van der Waals surface area (Å²) in [5, 5.41) is 16.8. The van der Waals surface area contributed by atoms with Crippen molar-refractivity contribution in [3.05, 3.63) is 54.4 Å². The molecule has 0 spiro atoms. The van der Waals surface area contributed by atoms with Crippen molar-refractivity contribution in [1.82, 2.24) is 25.5 Å². The van der Waals surface area contributed by atoms with Gasteiger partial charge in [0, 0.05) is 6.92 Å². The van der Waals surface area contributed by atoms with Crippen molar-refractivity contribution in [3.8, 4) is 17.2 Å². The van der Waals surface area contributed by atoms with Gasteiger partial charge in [0.15, 0.2) is 11.6 Å². The lowest BCUT2D eigenvalue weighted by Gasteiger charge is -2.11. The van der Waals surface area contributed by atoms with Crippen molar-refractivity contribution in [3.63, 3.8) is 0 Å². The van der Waals surface area contributed by atoms with Gasteiger partial charge < -0.3 is 20.1 Å². The lowest BCUT2D eigenvalue weighted by atomic mass is 10.3. The molecule has 2 amide bonds. The standard InChI is InChI=1S/C18H18N6O4/c1-12(25)28-16-6-4-3-5-15(16)20-18(26)19-11-17-21-22-23-24(17)13-7-9-14(27-2)10-8-13/h3-10H,11H2,1-2H3,(H2,19,20,26). The second-order valence-corrected chi connectivity index (χ2v) is 5.60. The highest BCUT2D eigenvalue weighted by Gasteiger charge is 2.12. The molecule has 10 nitrogen and oxygen atoms in total. The number of esters is 1. The van der Waals surface area contributed by atoms with E-state index in [1.54, 1.807) is 55.6 Å². The fourth-order valence-corrected chi connectivity index (χ4v) is 2.38. The van der Waals surface area contributed by atoms with Crippen LogP contribution in [0.25, 0.3) is 5.69 Å². The Morgan fingerprint density at radius 2 is 1.86 bits per heavy atom. The van der Waals surface area contributed by atoms with Crippen LogP contribution >= 0.6 is 0 Å². The van der Waals surface area contributed by atoms with Gasteiger partial charge in [0.05, 0.1) is 25.0 Å². The van der Waals surface area contributed by atoms with Gasteiger partial charge in [-0.05, 0) is 46.8 Å². The molecule has 2 N–H and O–H groups in total. The Morgan fingerprint density at radius 3 is 2.57 bits per heavy atom. The molecule has 0 bridgehead atoms. The summed E-state index contributed by atoms with van der Waals surface area (Å²) in [7, 11) is 1.58. The zero-order chi connectivity index (χ0) is 19.9. The minimum absolute atomic E-state index is 0.0839. The Bertz CT molecular complexity index is 970. The number of hydrogen-bond donors (Lipinski definition) is 2. The Kier molecular flexibility index (Phi) is 5.80. The van der Waals surface area contributed by atoms with Crippen molar-refractivity contribution >= 4 is 17.7 Å². The number of ether oxygens (including phenoxy) is 2. The molecule has 1 aromatic heterocycles.